The number of thioether (sulfide) groups is 1. The Kier molecular flexibility index (Phi) is 4.46. The Morgan fingerprint density at radius 3 is 2.59 bits per heavy atom. The van der Waals surface area contributed by atoms with E-state index in [4.69, 9.17) is 9.84 Å². The molecule has 0 fully saturated rings. The molecule has 94 valence electrons. The highest BCUT2D eigenvalue weighted by molar-refractivity contribution is 8.01. The van der Waals surface area contributed by atoms with E-state index < -0.39 is 10.7 Å². The zero-order chi connectivity index (χ0) is 13.1. The minimum absolute atomic E-state index is 0.724. The average Bonchev–Trinajstić information content (AvgIpc) is 2.28. The Balaban J connectivity index is 3.07. The van der Waals surface area contributed by atoms with Crippen LogP contribution in [0.2, 0.25) is 0 Å². The summed E-state index contributed by atoms with van der Waals surface area (Å²) in [5.74, 6) is -0.104. The highest BCUT2D eigenvalue weighted by Gasteiger charge is 2.29. The molecule has 1 rings (SSSR count). The molecule has 0 saturated heterocycles. The maximum absolute atomic E-state index is 11.1. The number of aliphatic carboxylic acids is 1. The maximum Gasteiger partial charge on any atom is 0.319 e. The lowest BCUT2D eigenvalue weighted by Crippen LogP contribution is -2.27. The first-order chi connectivity index (χ1) is 7.90. The van der Waals surface area contributed by atoms with Crippen LogP contribution in [-0.4, -0.2) is 22.9 Å². The lowest BCUT2D eigenvalue weighted by atomic mass is 10.2. The van der Waals surface area contributed by atoms with Crippen LogP contribution in [0.3, 0.4) is 0 Å². The first-order valence-electron chi connectivity index (χ1n) is 5.50. The van der Waals surface area contributed by atoms with E-state index in [1.807, 2.05) is 18.2 Å². The Labute approximate surface area is 106 Å². The molecule has 3 nitrogen and oxygen atoms in total. The van der Waals surface area contributed by atoms with Crippen LogP contribution in [0.25, 0.3) is 0 Å². The van der Waals surface area contributed by atoms with Crippen LogP contribution in [-0.2, 0) is 11.2 Å². The molecular weight excluding hydrogens is 236 g/mol. The first-order valence-corrected chi connectivity index (χ1v) is 6.31. The highest BCUT2D eigenvalue weighted by atomic mass is 32.2. The van der Waals surface area contributed by atoms with Crippen molar-refractivity contribution in [3.8, 4) is 5.75 Å². The standard InChI is InChI=1S/C13H18O3S/c1-5-9-6-7-10(16-4)11(8-9)17-13(2,3)12(14)15/h6-8H,5H2,1-4H3,(H,14,15). The summed E-state index contributed by atoms with van der Waals surface area (Å²) in [4.78, 5) is 12.0. The Morgan fingerprint density at radius 1 is 1.47 bits per heavy atom. The highest BCUT2D eigenvalue weighted by Crippen LogP contribution is 2.38. The summed E-state index contributed by atoms with van der Waals surface area (Å²) in [7, 11) is 1.60. The SMILES string of the molecule is CCc1ccc(OC)c(SC(C)(C)C(=O)O)c1. The van der Waals surface area contributed by atoms with Gasteiger partial charge in [-0.25, -0.2) is 0 Å². The molecule has 4 heteroatoms. The van der Waals surface area contributed by atoms with Gasteiger partial charge >= 0.3 is 5.97 Å². The van der Waals surface area contributed by atoms with Gasteiger partial charge in [0, 0.05) is 0 Å². The fourth-order valence-electron chi connectivity index (χ4n) is 1.34. The molecule has 0 aliphatic carbocycles. The first kappa shape index (κ1) is 13.9. The van der Waals surface area contributed by atoms with Gasteiger partial charge in [-0.15, -0.1) is 11.8 Å². The smallest absolute Gasteiger partial charge is 0.319 e. The van der Waals surface area contributed by atoms with Crippen LogP contribution in [0, 0.1) is 0 Å². The maximum atomic E-state index is 11.1. The summed E-state index contributed by atoms with van der Waals surface area (Å²) in [6.45, 7) is 5.45. The van der Waals surface area contributed by atoms with Crippen LogP contribution in [0.1, 0.15) is 26.3 Å². The molecule has 0 spiro atoms. The van der Waals surface area contributed by atoms with Crippen molar-refractivity contribution < 1.29 is 14.6 Å². The van der Waals surface area contributed by atoms with Crippen LogP contribution in [0.5, 0.6) is 5.75 Å². The second kappa shape index (κ2) is 5.45. The number of hydrogen-bond acceptors (Lipinski definition) is 3. The number of hydrogen-bond donors (Lipinski definition) is 1. The third kappa shape index (κ3) is 3.40. The monoisotopic (exact) mass is 254 g/mol. The van der Waals surface area contributed by atoms with Gasteiger partial charge in [-0.1, -0.05) is 13.0 Å². The van der Waals surface area contributed by atoms with Crippen LogP contribution in [0.4, 0.5) is 0 Å². The number of carboxylic acids is 1. The van der Waals surface area contributed by atoms with E-state index in [2.05, 4.69) is 6.92 Å². The number of carboxylic acid groups (broad SMARTS) is 1. The molecule has 0 unspecified atom stereocenters. The van der Waals surface area contributed by atoms with Gasteiger partial charge in [0.2, 0.25) is 0 Å². The summed E-state index contributed by atoms with van der Waals surface area (Å²) in [5, 5.41) is 9.13. The molecule has 17 heavy (non-hydrogen) atoms. The third-order valence-corrected chi connectivity index (χ3v) is 3.74. The van der Waals surface area contributed by atoms with Crippen LogP contribution in [0.15, 0.2) is 23.1 Å². The van der Waals surface area contributed by atoms with Gasteiger partial charge in [0.15, 0.2) is 0 Å². The summed E-state index contributed by atoms with van der Waals surface area (Å²) in [6.07, 6.45) is 0.922. The molecule has 0 heterocycles. The van der Waals surface area contributed by atoms with E-state index in [-0.39, 0.29) is 0 Å². The molecule has 0 radical (unpaired) electrons. The van der Waals surface area contributed by atoms with Crippen molar-refractivity contribution in [2.45, 2.75) is 36.8 Å². The predicted molar refractivity (Wildman–Crippen MR) is 69.9 cm³/mol. The molecule has 0 saturated carbocycles. The summed E-state index contributed by atoms with van der Waals surface area (Å²) in [5.41, 5.74) is 1.18. The van der Waals surface area contributed by atoms with E-state index in [1.54, 1.807) is 21.0 Å². The van der Waals surface area contributed by atoms with E-state index >= 15 is 0 Å². The lowest BCUT2D eigenvalue weighted by Gasteiger charge is -2.20. The Hall–Kier alpha value is -1.16. The summed E-state index contributed by atoms with van der Waals surface area (Å²) >= 11 is 1.31. The molecule has 0 bridgehead atoms. The second-order valence-electron chi connectivity index (χ2n) is 4.26. The summed E-state index contributed by atoms with van der Waals surface area (Å²) < 4.78 is 4.40. The van der Waals surface area contributed by atoms with Gasteiger partial charge < -0.3 is 9.84 Å². The number of methoxy groups -OCH3 is 1. The minimum atomic E-state index is -0.861. The largest absolute Gasteiger partial charge is 0.496 e. The molecule has 0 aliphatic heterocycles. The zero-order valence-corrected chi connectivity index (χ0v) is 11.4. The van der Waals surface area contributed by atoms with Crippen molar-refractivity contribution in [2.24, 2.45) is 0 Å². The van der Waals surface area contributed by atoms with Gasteiger partial charge in [0.1, 0.15) is 10.5 Å². The molecule has 0 aromatic heterocycles. The number of aryl methyl sites for hydroxylation is 1. The Morgan fingerprint density at radius 2 is 2.12 bits per heavy atom. The molecule has 0 amide bonds. The predicted octanol–water partition coefficient (Wildman–Crippen LogP) is 3.21. The van der Waals surface area contributed by atoms with E-state index in [0.29, 0.717) is 0 Å². The van der Waals surface area contributed by atoms with E-state index in [0.717, 1.165) is 17.1 Å². The second-order valence-corrected chi connectivity index (χ2v) is 5.92. The number of rotatable bonds is 5. The molecule has 0 aliphatic rings. The van der Waals surface area contributed by atoms with E-state index in [9.17, 15) is 4.79 Å². The zero-order valence-electron chi connectivity index (χ0n) is 10.6. The fourth-order valence-corrected chi connectivity index (χ4v) is 2.44. The normalized spacial score (nSPS) is 11.3. The van der Waals surface area contributed by atoms with Gasteiger partial charge in [-0.2, -0.15) is 0 Å². The number of benzene rings is 1. The Bertz CT molecular complexity index is 413. The van der Waals surface area contributed by atoms with Gasteiger partial charge in [0.05, 0.1) is 12.0 Å². The lowest BCUT2D eigenvalue weighted by molar-refractivity contribution is -0.138. The molecule has 1 aromatic carbocycles. The summed E-state index contributed by atoms with van der Waals surface area (Å²) in [6, 6.07) is 5.88. The quantitative estimate of drug-likeness (QED) is 0.820. The van der Waals surface area contributed by atoms with Crippen molar-refractivity contribution in [3.05, 3.63) is 23.8 Å². The molecule has 0 atom stereocenters. The average molecular weight is 254 g/mol. The van der Waals surface area contributed by atoms with Crippen molar-refractivity contribution in [3.63, 3.8) is 0 Å². The van der Waals surface area contributed by atoms with Gasteiger partial charge in [-0.3, -0.25) is 4.79 Å². The van der Waals surface area contributed by atoms with Crippen molar-refractivity contribution in [1.29, 1.82) is 0 Å². The van der Waals surface area contributed by atoms with Crippen molar-refractivity contribution in [2.75, 3.05) is 7.11 Å². The molecular formula is C13H18O3S. The number of ether oxygens (including phenoxy) is 1. The number of carbonyl (C=O) groups is 1. The van der Waals surface area contributed by atoms with Gasteiger partial charge in [0.25, 0.3) is 0 Å². The topological polar surface area (TPSA) is 46.5 Å². The molecule has 1 aromatic rings. The van der Waals surface area contributed by atoms with Crippen LogP contribution < -0.4 is 4.74 Å². The minimum Gasteiger partial charge on any atom is -0.496 e. The van der Waals surface area contributed by atoms with Crippen molar-refractivity contribution >= 4 is 17.7 Å². The fraction of sp³-hybridized carbons (Fsp3) is 0.462. The third-order valence-electron chi connectivity index (χ3n) is 2.52. The van der Waals surface area contributed by atoms with Crippen LogP contribution >= 0.6 is 11.8 Å². The molecule has 1 N–H and O–H groups in total. The van der Waals surface area contributed by atoms with E-state index in [1.165, 1.54) is 17.3 Å². The van der Waals surface area contributed by atoms with Gasteiger partial charge in [-0.05, 0) is 38.0 Å². The van der Waals surface area contributed by atoms with Crippen molar-refractivity contribution in [1.82, 2.24) is 0 Å².